The molecule has 1 aromatic heterocycles. The molecular formula is C12H19N3O2. The number of hydrogen-bond donors (Lipinski definition) is 2. The first-order chi connectivity index (χ1) is 8.04. The Bertz CT molecular complexity index is 365. The minimum absolute atomic E-state index is 0.0614. The molecule has 1 aromatic rings. The highest BCUT2D eigenvalue weighted by Gasteiger charge is 2.15. The van der Waals surface area contributed by atoms with Crippen LogP contribution < -0.4 is 5.32 Å². The van der Waals surface area contributed by atoms with Crippen molar-refractivity contribution in [1.29, 1.82) is 0 Å². The summed E-state index contributed by atoms with van der Waals surface area (Å²) >= 11 is 0. The molecule has 0 saturated carbocycles. The summed E-state index contributed by atoms with van der Waals surface area (Å²) in [5.74, 6) is 0.204. The summed E-state index contributed by atoms with van der Waals surface area (Å²) < 4.78 is 0. The number of aromatic hydroxyl groups is 1. The molecule has 5 heteroatoms. The van der Waals surface area contributed by atoms with Gasteiger partial charge in [0, 0.05) is 20.1 Å². The predicted octanol–water partition coefficient (Wildman–Crippen LogP) is 0.744. The van der Waals surface area contributed by atoms with Gasteiger partial charge in [-0.15, -0.1) is 0 Å². The van der Waals surface area contributed by atoms with E-state index in [4.69, 9.17) is 5.11 Å². The van der Waals surface area contributed by atoms with Gasteiger partial charge in [-0.1, -0.05) is 0 Å². The molecule has 1 amide bonds. The quantitative estimate of drug-likeness (QED) is 0.793. The lowest BCUT2D eigenvalue weighted by Gasteiger charge is -2.20. The van der Waals surface area contributed by atoms with Gasteiger partial charge in [-0.2, -0.15) is 0 Å². The number of pyridine rings is 1. The number of carbonyl (C=O) groups excluding carboxylic acids is 1. The normalized spacial score (nSPS) is 12.2. The third kappa shape index (κ3) is 4.03. The van der Waals surface area contributed by atoms with E-state index >= 15 is 0 Å². The lowest BCUT2D eigenvalue weighted by Crippen LogP contribution is -2.42. The van der Waals surface area contributed by atoms with Crippen LogP contribution in [0.2, 0.25) is 0 Å². The zero-order valence-electron chi connectivity index (χ0n) is 10.5. The fourth-order valence-electron chi connectivity index (χ4n) is 1.35. The number of hydrogen-bond acceptors (Lipinski definition) is 4. The summed E-state index contributed by atoms with van der Waals surface area (Å²) in [5.41, 5.74) is 0.793. The highest BCUT2D eigenvalue weighted by atomic mass is 16.3. The van der Waals surface area contributed by atoms with E-state index in [0.717, 1.165) is 5.69 Å². The largest absolute Gasteiger partial charge is 0.506 e. The van der Waals surface area contributed by atoms with E-state index < -0.39 is 0 Å². The van der Waals surface area contributed by atoms with Crippen LogP contribution in [-0.2, 0) is 11.3 Å². The molecule has 0 bridgehead atoms. The molecule has 0 spiro atoms. The van der Waals surface area contributed by atoms with E-state index in [1.807, 2.05) is 13.8 Å². The average Bonchev–Trinajstić information content (AvgIpc) is 2.35. The van der Waals surface area contributed by atoms with Crippen molar-refractivity contribution in [3.63, 3.8) is 0 Å². The Kier molecular flexibility index (Phi) is 4.90. The fourth-order valence-corrected chi connectivity index (χ4v) is 1.35. The van der Waals surface area contributed by atoms with Gasteiger partial charge >= 0.3 is 0 Å². The van der Waals surface area contributed by atoms with Crippen LogP contribution in [0.15, 0.2) is 18.3 Å². The zero-order chi connectivity index (χ0) is 12.8. The summed E-state index contributed by atoms with van der Waals surface area (Å²) in [7, 11) is 1.78. The first kappa shape index (κ1) is 13.4. The topological polar surface area (TPSA) is 65.5 Å². The number of rotatable bonds is 5. The van der Waals surface area contributed by atoms with E-state index in [9.17, 15) is 4.79 Å². The summed E-state index contributed by atoms with van der Waals surface area (Å²) in [6.07, 6.45) is 1.39. The van der Waals surface area contributed by atoms with E-state index in [-0.39, 0.29) is 17.7 Å². The second kappa shape index (κ2) is 6.20. The molecule has 5 nitrogen and oxygen atoms in total. The molecule has 0 aliphatic heterocycles. The molecule has 1 unspecified atom stereocenters. The molecule has 1 atom stereocenters. The highest BCUT2D eigenvalue weighted by molar-refractivity contribution is 5.81. The summed E-state index contributed by atoms with van der Waals surface area (Å²) in [4.78, 5) is 17.5. The Morgan fingerprint density at radius 3 is 2.82 bits per heavy atom. The van der Waals surface area contributed by atoms with Gasteiger partial charge in [-0.25, -0.2) is 0 Å². The maximum absolute atomic E-state index is 11.8. The predicted molar refractivity (Wildman–Crippen MR) is 65.5 cm³/mol. The van der Waals surface area contributed by atoms with Crippen molar-refractivity contribution in [2.75, 3.05) is 13.6 Å². The summed E-state index contributed by atoms with van der Waals surface area (Å²) in [5, 5.41) is 12.2. The van der Waals surface area contributed by atoms with Crippen LogP contribution in [0.5, 0.6) is 5.75 Å². The van der Waals surface area contributed by atoms with Crippen molar-refractivity contribution in [3.8, 4) is 5.75 Å². The molecule has 0 saturated heterocycles. The standard InChI is InChI=1S/C12H19N3O2/c1-4-15(3)12(17)9(2)13-7-10-5-6-11(16)8-14-10/h5-6,8-9,13,16H,4,7H2,1-3H3. The Morgan fingerprint density at radius 2 is 2.29 bits per heavy atom. The van der Waals surface area contributed by atoms with Crippen LogP contribution in [0, 0.1) is 0 Å². The van der Waals surface area contributed by atoms with Crippen molar-refractivity contribution in [2.45, 2.75) is 26.4 Å². The number of carbonyl (C=O) groups is 1. The van der Waals surface area contributed by atoms with Crippen molar-refractivity contribution in [2.24, 2.45) is 0 Å². The lowest BCUT2D eigenvalue weighted by molar-refractivity contribution is -0.131. The van der Waals surface area contributed by atoms with Crippen LogP contribution in [0.25, 0.3) is 0 Å². The van der Waals surface area contributed by atoms with E-state index in [2.05, 4.69) is 10.3 Å². The molecule has 1 heterocycles. The first-order valence-electron chi connectivity index (χ1n) is 5.66. The second-order valence-corrected chi connectivity index (χ2v) is 3.96. The molecule has 17 heavy (non-hydrogen) atoms. The van der Waals surface area contributed by atoms with Crippen LogP contribution in [0.3, 0.4) is 0 Å². The third-order valence-electron chi connectivity index (χ3n) is 2.62. The molecule has 94 valence electrons. The summed E-state index contributed by atoms with van der Waals surface area (Å²) in [6.45, 7) is 4.97. The number of likely N-dealkylation sites (N-methyl/N-ethyl adjacent to an activating group) is 1. The van der Waals surface area contributed by atoms with Gasteiger partial charge < -0.3 is 15.3 Å². The Hall–Kier alpha value is -1.62. The Morgan fingerprint density at radius 1 is 1.59 bits per heavy atom. The molecular weight excluding hydrogens is 218 g/mol. The molecule has 1 rings (SSSR count). The first-order valence-corrected chi connectivity index (χ1v) is 5.66. The smallest absolute Gasteiger partial charge is 0.239 e. The average molecular weight is 237 g/mol. The molecule has 0 aliphatic rings. The Balaban J connectivity index is 2.45. The molecule has 2 N–H and O–H groups in total. The zero-order valence-corrected chi connectivity index (χ0v) is 10.5. The van der Waals surface area contributed by atoms with E-state index in [1.165, 1.54) is 6.20 Å². The minimum Gasteiger partial charge on any atom is -0.506 e. The maximum Gasteiger partial charge on any atom is 0.239 e. The van der Waals surface area contributed by atoms with Crippen molar-refractivity contribution < 1.29 is 9.90 Å². The van der Waals surface area contributed by atoms with Crippen molar-refractivity contribution in [3.05, 3.63) is 24.0 Å². The third-order valence-corrected chi connectivity index (χ3v) is 2.62. The van der Waals surface area contributed by atoms with Gasteiger partial charge in [0.05, 0.1) is 17.9 Å². The van der Waals surface area contributed by atoms with Gasteiger partial charge in [0.15, 0.2) is 0 Å². The SMILES string of the molecule is CCN(C)C(=O)C(C)NCc1ccc(O)cn1. The minimum atomic E-state index is -0.240. The highest BCUT2D eigenvalue weighted by Crippen LogP contribution is 2.05. The van der Waals surface area contributed by atoms with E-state index in [0.29, 0.717) is 13.1 Å². The Labute approximate surface area is 101 Å². The van der Waals surface area contributed by atoms with Gasteiger partial charge in [-0.05, 0) is 26.0 Å². The molecule has 0 radical (unpaired) electrons. The number of nitrogens with zero attached hydrogens (tertiary/aromatic N) is 2. The second-order valence-electron chi connectivity index (χ2n) is 3.96. The van der Waals surface area contributed by atoms with E-state index in [1.54, 1.807) is 24.1 Å². The lowest BCUT2D eigenvalue weighted by atomic mass is 10.2. The molecule has 0 aliphatic carbocycles. The van der Waals surface area contributed by atoms with Crippen LogP contribution in [0.1, 0.15) is 19.5 Å². The summed E-state index contributed by atoms with van der Waals surface area (Å²) in [6, 6.07) is 3.06. The van der Waals surface area contributed by atoms with Gasteiger partial charge in [0.1, 0.15) is 5.75 Å². The van der Waals surface area contributed by atoms with Crippen LogP contribution in [0.4, 0.5) is 0 Å². The molecule has 0 aromatic carbocycles. The number of aromatic nitrogens is 1. The van der Waals surface area contributed by atoms with Crippen LogP contribution in [-0.4, -0.2) is 40.5 Å². The fraction of sp³-hybridized carbons (Fsp3) is 0.500. The van der Waals surface area contributed by atoms with Gasteiger partial charge in [-0.3, -0.25) is 9.78 Å². The molecule has 0 fully saturated rings. The van der Waals surface area contributed by atoms with Crippen molar-refractivity contribution in [1.82, 2.24) is 15.2 Å². The maximum atomic E-state index is 11.8. The number of nitrogens with one attached hydrogen (secondary N) is 1. The van der Waals surface area contributed by atoms with Crippen LogP contribution >= 0.6 is 0 Å². The monoisotopic (exact) mass is 237 g/mol. The number of amides is 1. The van der Waals surface area contributed by atoms with Gasteiger partial charge in [0.25, 0.3) is 0 Å². The van der Waals surface area contributed by atoms with Crippen molar-refractivity contribution >= 4 is 5.91 Å². The van der Waals surface area contributed by atoms with Gasteiger partial charge in [0.2, 0.25) is 5.91 Å².